The summed E-state index contributed by atoms with van der Waals surface area (Å²) < 4.78 is 10.1. The highest BCUT2D eigenvalue weighted by Crippen LogP contribution is 2.37. The van der Waals surface area contributed by atoms with E-state index in [1.165, 1.54) is 10.4 Å². The van der Waals surface area contributed by atoms with Gasteiger partial charge >= 0.3 is 0 Å². The van der Waals surface area contributed by atoms with Crippen molar-refractivity contribution < 1.29 is 4.43 Å². The molecule has 0 N–H and O–H groups in total. The van der Waals surface area contributed by atoms with Crippen molar-refractivity contribution in [3.8, 4) is 0 Å². The molecule has 0 amide bonds. The van der Waals surface area contributed by atoms with E-state index in [9.17, 15) is 0 Å². The Hall–Kier alpha value is -1.69. The number of aryl methyl sites for hydroxylation is 2. The molecule has 2 aromatic carbocycles. The summed E-state index contributed by atoms with van der Waals surface area (Å²) in [6.07, 6.45) is 0. The van der Waals surface area contributed by atoms with Crippen LogP contribution < -0.4 is 10.4 Å². The van der Waals surface area contributed by atoms with E-state index >= 15 is 0 Å². The maximum absolute atomic E-state index is 7.04. The number of nitrogens with zero attached hydrogens (tertiary/aromatic N) is 2. The standard InChI is InChI=1S/C23H29BrN2OSi/c1-6-26-21(22(24)18(2)25-26)17-27-28(23(3,4)5,19-13-9-7-10-14-19)20-15-11-8-12-16-20/h7-16H,6,17H2,1-5H3. The molecule has 1 heterocycles. The van der Waals surface area contributed by atoms with Crippen LogP contribution in [0.2, 0.25) is 5.04 Å². The highest BCUT2D eigenvalue weighted by molar-refractivity contribution is 9.10. The maximum Gasteiger partial charge on any atom is 0.261 e. The quantitative estimate of drug-likeness (QED) is 0.485. The summed E-state index contributed by atoms with van der Waals surface area (Å²) in [6.45, 7) is 12.4. The minimum Gasteiger partial charge on any atom is -0.401 e. The third-order valence-corrected chi connectivity index (χ3v) is 11.3. The van der Waals surface area contributed by atoms with Gasteiger partial charge in [0.05, 0.1) is 22.5 Å². The lowest BCUT2D eigenvalue weighted by Crippen LogP contribution is -2.66. The van der Waals surface area contributed by atoms with Crippen LogP contribution in [-0.2, 0) is 17.6 Å². The summed E-state index contributed by atoms with van der Waals surface area (Å²) in [7, 11) is -2.54. The van der Waals surface area contributed by atoms with Gasteiger partial charge in [0, 0.05) is 6.54 Å². The van der Waals surface area contributed by atoms with Crippen LogP contribution in [-0.4, -0.2) is 18.1 Å². The van der Waals surface area contributed by atoms with Gasteiger partial charge in [-0.05, 0) is 45.2 Å². The molecule has 0 radical (unpaired) electrons. The Morgan fingerprint density at radius 3 is 1.89 bits per heavy atom. The van der Waals surface area contributed by atoms with Crippen LogP contribution in [0.4, 0.5) is 0 Å². The number of halogens is 1. The van der Waals surface area contributed by atoms with Crippen LogP contribution in [0.15, 0.2) is 65.1 Å². The van der Waals surface area contributed by atoms with E-state index in [1.807, 2.05) is 11.6 Å². The van der Waals surface area contributed by atoms with E-state index in [0.29, 0.717) is 6.61 Å². The molecule has 3 aromatic rings. The van der Waals surface area contributed by atoms with Gasteiger partial charge in [-0.2, -0.15) is 5.10 Å². The molecule has 0 aliphatic rings. The molecule has 148 valence electrons. The van der Waals surface area contributed by atoms with Gasteiger partial charge in [0.1, 0.15) is 0 Å². The molecule has 0 aliphatic carbocycles. The smallest absolute Gasteiger partial charge is 0.261 e. The van der Waals surface area contributed by atoms with Crippen molar-refractivity contribution in [1.82, 2.24) is 9.78 Å². The molecule has 0 unspecified atom stereocenters. The molecule has 0 spiro atoms. The van der Waals surface area contributed by atoms with E-state index in [2.05, 4.69) is 109 Å². The molecule has 0 bridgehead atoms. The maximum atomic E-state index is 7.04. The van der Waals surface area contributed by atoms with Crippen molar-refractivity contribution >= 4 is 34.6 Å². The van der Waals surface area contributed by atoms with E-state index in [-0.39, 0.29) is 5.04 Å². The van der Waals surface area contributed by atoms with Gasteiger partial charge in [-0.15, -0.1) is 0 Å². The van der Waals surface area contributed by atoms with Gasteiger partial charge in [-0.25, -0.2) is 0 Å². The molecule has 1 aromatic heterocycles. The van der Waals surface area contributed by atoms with Gasteiger partial charge in [-0.1, -0.05) is 81.4 Å². The van der Waals surface area contributed by atoms with Crippen molar-refractivity contribution in [1.29, 1.82) is 0 Å². The molecule has 0 saturated carbocycles. The SMILES string of the molecule is CCn1nc(C)c(Br)c1CO[Si](c1ccccc1)(c1ccccc1)C(C)(C)C. The first-order chi connectivity index (χ1) is 13.3. The number of hydrogen-bond acceptors (Lipinski definition) is 2. The van der Waals surface area contributed by atoms with Crippen LogP contribution in [0.5, 0.6) is 0 Å². The Morgan fingerprint density at radius 1 is 0.964 bits per heavy atom. The first kappa shape index (κ1) is 21.0. The Balaban J connectivity index is 2.14. The van der Waals surface area contributed by atoms with Crippen LogP contribution in [0.25, 0.3) is 0 Å². The van der Waals surface area contributed by atoms with Crippen molar-refractivity contribution in [2.45, 2.75) is 52.8 Å². The van der Waals surface area contributed by atoms with Crippen molar-refractivity contribution in [2.75, 3.05) is 0 Å². The third-order valence-electron chi connectivity index (χ3n) is 5.30. The van der Waals surface area contributed by atoms with E-state index in [0.717, 1.165) is 22.4 Å². The lowest BCUT2D eigenvalue weighted by molar-refractivity contribution is 0.273. The Bertz CT molecular complexity index is 878. The van der Waals surface area contributed by atoms with Gasteiger partial charge < -0.3 is 4.43 Å². The summed E-state index contributed by atoms with van der Waals surface area (Å²) in [5, 5.41) is 7.20. The summed E-state index contributed by atoms with van der Waals surface area (Å²) in [5.74, 6) is 0. The average Bonchev–Trinajstić information content (AvgIpc) is 2.97. The van der Waals surface area contributed by atoms with Crippen LogP contribution in [0.3, 0.4) is 0 Å². The lowest BCUT2D eigenvalue weighted by Gasteiger charge is -2.43. The molecule has 0 aliphatic heterocycles. The molecule has 3 rings (SSSR count). The lowest BCUT2D eigenvalue weighted by atomic mass is 10.2. The monoisotopic (exact) mass is 456 g/mol. The van der Waals surface area contributed by atoms with E-state index in [1.54, 1.807) is 0 Å². The predicted molar refractivity (Wildman–Crippen MR) is 123 cm³/mol. The van der Waals surface area contributed by atoms with Crippen LogP contribution in [0.1, 0.15) is 39.1 Å². The zero-order chi connectivity index (χ0) is 20.4. The number of hydrogen-bond donors (Lipinski definition) is 0. The fraction of sp³-hybridized carbons (Fsp3) is 0.348. The highest BCUT2D eigenvalue weighted by atomic mass is 79.9. The summed E-state index contributed by atoms with van der Waals surface area (Å²) in [6, 6.07) is 21.5. The fourth-order valence-corrected chi connectivity index (χ4v) is 8.85. The largest absolute Gasteiger partial charge is 0.401 e. The average molecular weight is 457 g/mol. The van der Waals surface area contributed by atoms with E-state index < -0.39 is 8.32 Å². The first-order valence-corrected chi connectivity index (χ1v) is 12.5. The third kappa shape index (κ3) is 3.75. The second-order valence-corrected chi connectivity index (χ2v) is 13.2. The Morgan fingerprint density at radius 2 is 1.46 bits per heavy atom. The summed E-state index contributed by atoms with van der Waals surface area (Å²) in [4.78, 5) is 0. The molecule has 28 heavy (non-hydrogen) atoms. The van der Waals surface area contributed by atoms with Crippen molar-refractivity contribution in [2.24, 2.45) is 0 Å². The van der Waals surface area contributed by atoms with E-state index in [4.69, 9.17) is 4.43 Å². The van der Waals surface area contributed by atoms with Crippen molar-refractivity contribution in [3.05, 3.63) is 76.5 Å². The molecule has 5 heteroatoms. The molecule has 3 nitrogen and oxygen atoms in total. The normalized spacial score (nSPS) is 12.4. The zero-order valence-corrected chi connectivity index (χ0v) is 20.0. The Labute approximate surface area is 178 Å². The molecule has 0 fully saturated rings. The number of benzene rings is 2. The molecular weight excluding hydrogens is 428 g/mol. The number of aromatic nitrogens is 2. The van der Waals surface area contributed by atoms with Gasteiger partial charge in [0.25, 0.3) is 8.32 Å². The van der Waals surface area contributed by atoms with Crippen LogP contribution in [0, 0.1) is 6.92 Å². The zero-order valence-electron chi connectivity index (χ0n) is 17.4. The van der Waals surface area contributed by atoms with Gasteiger partial charge in [0.15, 0.2) is 0 Å². The topological polar surface area (TPSA) is 27.1 Å². The first-order valence-electron chi connectivity index (χ1n) is 9.78. The highest BCUT2D eigenvalue weighted by Gasteiger charge is 2.50. The van der Waals surface area contributed by atoms with Crippen LogP contribution >= 0.6 is 15.9 Å². The van der Waals surface area contributed by atoms with Gasteiger partial charge in [-0.3, -0.25) is 4.68 Å². The minimum atomic E-state index is -2.54. The molecule has 0 saturated heterocycles. The molecular formula is C23H29BrN2OSi. The minimum absolute atomic E-state index is 0.0334. The van der Waals surface area contributed by atoms with Gasteiger partial charge in [0.2, 0.25) is 0 Å². The Kier molecular flexibility index (Phi) is 6.27. The predicted octanol–water partition coefficient (Wildman–Crippen LogP) is 5.05. The second-order valence-electron chi connectivity index (χ2n) is 8.11. The second kappa shape index (κ2) is 8.35. The number of rotatable bonds is 6. The summed E-state index contributed by atoms with van der Waals surface area (Å²) >= 11 is 3.72. The van der Waals surface area contributed by atoms with Crippen molar-refractivity contribution in [3.63, 3.8) is 0 Å². The fourth-order valence-electron chi connectivity index (χ4n) is 3.95. The molecule has 0 atom stereocenters. The summed E-state index contributed by atoms with van der Waals surface area (Å²) in [5.41, 5.74) is 2.11.